The molecule has 10 heteroatoms. The highest BCUT2D eigenvalue weighted by atomic mass is 16.5. The standard InChI is InChI=1S/2C10H20.3C9H19N.3C9H18O.C8H18N2.C8H17NO.CH4/c2*1-10(2,3)9-7-5-4-6-8-9;1-9(2,3)8-4-6-10-7-5-8;2*1-9(2,3)8-6-4-5-7-10-8;1-9(2,3)8-4-6-10-7-5-8;2*1-9(2,3)8-6-4-5-7-10-8;1-8(2,3)7-6-9-4-5-10-7;1-8(2,3)7-4-5-10-6-9-7;/h2*9H,4-8H2,1-3H3;3*8,10H,4-7H2,1-3H3;3*8H,4-7H2,1-3H3;7,9-10H,4-6H2,1-3H3;7,9H,4-6H2,1-3H3;1H4. The average Bonchev–Trinajstić information content (AvgIpc) is 1.48. The summed E-state index contributed by atoms with van der Waals surface area (Å²) in [5.74, 6) is 3.82. The second-order valence-corrected chi connectivity index (χ2v) is 43.3. The van der Waals surface area contributed by atoms with E-state index >= 15 is 0 Å². The number of nitrogens with one attached hydrogen (secondary N) is 6. The first-order chi connectivity index (χ1) is 46.1. The van der Waals surface area contributed by atoms with Crippen LogP contribution in [0.15, 0.2) is 0 Å². The molecule has 8 saturated heterocycles. The van der Waals surface area contributed by atoms with Crippen molar-refractivity contribution in [2.75, 3.05) is 85.6 Å². The predicted molar refractivity (Wildman–Crippen MR) is 449 cm³/mol. The zero-order chi connectivity index (χ0) is 76.1. The van der Waals surface area contributed by atoms with E-state index in [2.05, 4.69) is 240 Å². The Kier molecular flexibility index (Phi) is 49.5. The molecule has 10 rings (SSSR count). The summed E-state index contributed by atoms with van der Waals surface area (Å²) in [5.41, 5.74) is 4.55. The fourth-order valence-electron chi connectivity index (χ4n) is 15.8. The van der Waals surface area contributed by atoms with Gasteiger partial charge in [0.1, 0.15) is 0 Å². The molecule has 0 aromatic carbocycles. The lowest BCUT2D eigenvalue weighted by atomic mass is 9.72. The third-order valence-corrected chi connectivity index (χ3v) is 23.8. The van der Waals surface area contributed by atoms with E-state index in [4.69, 9.17) is 18.9 Å². The maximum Gasteiger partial charge on any atom is 0.0967 e. The van der Waals surface area contributed by atoms with Gasteiger partial charge in [0.25, 0.3) is 0 Å². The SMILES string of the molecule is C.CC(C)(C)C1CCCCC1.CC(C)(C)C1CCCCC1.CC(C)(C)C1CCCCN1.CC(C)(C)C1CCCCN1.CC(C)(C)C1CCCCO1.CC(C)(C)C1CCCCO1.CC(C)(C)C1CCNCC1.CC(C)(C)C1CCOCC1.CC(C)(C)C1CCOCN1.CC(C)(C)C1CNCCN1. The van der Waals surface area contributed by atoms with Crippen LogP contribution >= 0.6 is 0 Å². The number of hydrogen-bond donors (Lipinski definition) is 6. The first-order valence-electron chi connectivity index (χ1n) is 42.8. The summed E-state index contributed by atoms with van der Waals surface area (Å²) in [7, 11) is 0. The van der Waals surface area contributed by atoms with Crippen LogP contribution in [0, 0.1) is 77.8 Å². The summed E-state index contributed by atoms with van der Waals surface area (Å²) in [6.07, 6.45) is 38.1. The smallest absolute Gasteiger partial charge is 0.0967 e. The van der Waals surface area contributed by atoms with Gasteiger partial charge < -0.3 is 45.5 Å². The maximum absolute atomic E-state index is 5.64. The topological polar surface area (TPSA) is 109 Å². The normalized spacial score (nSPS) is 26.1. The van der Waals surface area contributed by atoms with Crippen molar-refractivity contribution in [3.8, 4) is 0 Å². The van der Waals surface area contributed by atoms with E-state index in [1.54, 1.807) is 0 Å². The van der Waals surface area contributed by atoms with E-state index in [9.17, 15) is 0 Å². The van der Waals surface area contributed by atoms with Crippen molar-refractivity contribution < 1.29 is 18.9 Å². The molecule has 0 amide bonds. The summed E-state index contributed by atoms with van der Waals surface area (Å²) >= 11 is 0. The van der Waals surface area contributed by atoms with E-state index < -0.39 is 0 Å². The molecule has 0 spiro atoms. The molecule has 10 nitrogen and oxygen atoms in total. The molecular formula is C91H190N6O4. The molecule has 10 fully saturated rings. The Morgan fingerprint density at radius 2 is 0.535 bits per heavy atom. The van der Waals surface area contributed by atoms with E-state index in [1.807, 2.05) is 0 Å². The fraction of sp³-hybridized carbons (Fsp3) is 1.00. The molecule has 608 valence electrons. The monoisotopic (exact) mass is 1430 g/mol. The summed E-state index contributed by atoms with van der Waals surface area (Å²) in [6, 6.07) is 2.77. The third kappa shape index (κ3) is 48.7. The Bertz CT molecular complexity index is 1430. The summed E-state index contributed by atoms with van der Waals surface area (Å²) in [4.78, 5) is 0. The largest absolute Gasteiger partial charge is 0.381 e. The van der Waals surface area contributed by atoms with Crippen LogP contribution in [0.1, 0.15) is 389 Å². The minimum Gasteiger partial charge on any atom is -0.381 e. The Labute approximate surface area is 635 Å². The highest BCUT2D eigenvalue weighted by Gasteiger charge is 2.33. The van der Waals surface area contributed by atoms with Crippen LogP contribution in [0.3, 0.4) is 0 Å². The second kappa shape index (κ2) is 49.7. The molecule has 0 bridgehead atoms. The van der Waals surface area contributed by atoms with Crippen LogP contribution in [0.4, 0.5) is 0 Å². The zero-order valence-electron chi connectivity index (χ0n) is 73.7. The molecule has 8 aliphatic heterocycles. The average molecular weight is 1430 g/mol. The predicted octanol–water partition coefficient (Wildman–Crippen LogP) is 23.9. The fourth-order valence-corrected chi connectivity index (χ4v) is 15.8. The van der Waals surface area contributed by atoms with Gasteiger partial charge in [-0.05, 0) is 226 Å². The molecule has 6 N–H and O–H groups in total. The van der Waals surface area contributed by atoms with E-state index in [0.717, 1.165) is 102 Å². The number of rotatable bonds is 0. The number of piperazine rings is 1. The molecule has 6 unspecified atom stereocenters. The Morgan fingerprint density at radius 1 is 0.218 bits per heavy atom. The number of ether oxygens (including phenoxy) is 4. The van der Waals surface area contributed by atoms with Crippen LogP contribution in [0.5, 0.6) is 0 Å². The van der Waals surface area contributed by atoms with Crippen LogP contribution in [-0.2, 0) is 18.9 Å². The molecule has 101 heavy (non-hydrogen) atoms. The van der Waals surface area contributed by atoms with E-state index in [0.29, 0.717) is 78.4 Å². The van der Waals surface area contributed by atoms with Gasteiger partial charge in [-0.2, -0.15) is 0 Å². The van der Waals surface area contributed by atoms with Crippen LogP contribution in [0.25, 0.3) is 0 Å². The molecule has 2 aliphatic carbocycles. The Morgan fingerprint density at radius 3 is 0.743 bits per heavy atom. The molecular weight excluding hydrogens is 1240 g/mol. The highest BCUT2D eigenvalue weighted by molar-refractivity contribution is 4.88. The van der Waals surface area contributed by atoms with E-state index in [1.165, 1.54) is 193 Å². The molecule has 0 aromatic rings. The lowest BCUT2D eigenvalue weighted by Gasteiger charge is -2.35. The number of hydrogen-bond acceptors (Lipinski definition) is 10. The molecule has 2 saturated carbocycles. The highest BCUT2D eigenvalue weighted by Crippen LogP contribution is 2.40. The van der Waals surface area contributed by atoms with Gasteiger partial charge in [-0.1, -0.05) is 267 Å². The van der Waals surface area contributed by atoms with Gasteiger partial charge in [0, 0.05) is 76.8 Å². The molecule has 8 heterocycles. The minimum absolute atomic E-state index is 0. The quantitative estimate of drug-likeness (QED) is 0.140. The van der Waals surface area contributed by atoms with Crippen LogP contribution < -0.4 is 31.9 Å². The first-order valence-corrected chi connectivity index (χ1v) is 42.8. The molecule has 0 aromatic heterocycles. The van der Waals surface area contributed by atoms with Gasteiger partial charge in [-0.15, -0.1) is 0 Å². The van der Waals surface area contributed by atoms with E-state index in [-0.39, 0.29) is 7.43 Å². The Hall–Kier alpha value is -0.400. The van der Waals surface area contributed by atoms with Crippen molar-refractivity contribution in [2.24, 2.45) is 77.8 Å². The van der Waals surface area contributed by atoms with Gasteiger partial charge in [0.05, 0.1) is 18.9 Å². The number of piperidine rings is 3. The zero-order valence-corrected chi connectivity index (χ0v) is 73.7. The van der Waals surface area contributed by atoms with Crippen molar-refractivity contribution in [1.29, 1.82) is 0 Å². The lowest BCUT2D eigenvalue weighted by molar-refractivity contribution is -0.0474. The van der Waals surface area contributed by atoms with Gasteiger partial charge in [0.15, 0.2) is 0 Å². The van der Waals surface area contributed by atoms with Crippen LogP contribution in [-0.4, -0.2) is 122 Å². The minimum atomic E-state index is 0. The van der Waals surface area contributed by atoms with Gasteiger partial charge in [0.2, 0.25) is 0 Å². The summed E-state index contributed by atoms with van der Waals surface area (Å²) in [5, 5.41) is 20.7. The van der Waals surface area contributed by atoms with Crippen molar-refractivity contribution in [3.05, 3.63) is 0 Å². The summed E-state index contributed by atoms with van der Waals surface area (Å²) in [6.45, 7) is 83.1. The van der Waals surface area contributed by atoms with Crippen molar-refractivity contribution in [1.82, 2.24) is 31.9 Å². The van der Waals surface area contributed by atoms with Crippen molar-refractivity contribution in [3.63, 3.8) is 0 Å². The first kappa shape index (κ1) is 101. The van der Waals surface area contributed by atoms with Gasteiger partial charge in [-0.3, -0.25) is 5.32 Å². The maximum atomic E-state index is 5.64. The molecule has 0 radical (unpaired) electrons. The van der Waals surface area contributed by atoms with Gasteiger partial charge >= 0.3 is 0 Å². The van der Waals surface area contributed by atoms with Gasteiger partial charge in [-0.25, -0.2) is 0 Å². The Balaban J connectivity index is 0.00000110. The van der Waals surface area contributed by atoms with Crippen molar-refractivity contribution in [2.45, 2.75) is 425 Å². The lowest BCUT2D eigenvalue weighted by Crippen LogP contribution is -2.54. The summed E-state index contributed by atoms with van der Waals surface area (Å²) < 4.78 is 21.8. The third-order valence-electron chi connectivity index (χ3n) is 23.8. The molecule has 10 aliphatic rings. The van der Waals surface area contributed by atoms with Crippen LogP contribution in [0.2, 0.25) is 0 Å². The molecule has 6 atom stereocenters. The second-order valence-electron chi connectivity index (χ2n) is 43.3. The van der Waals surface area contributed by atoms with Crippen molar-refractivity contribution >= 4 is 0 Å².